The molecule has 0 aliphatic rings. The summed E-state index contributed by atoms with van der Waals surface area (Å²) in [6.07, 6.45) is 0. The van der Waals surface area contributed by atoms with Crippen molar-refractivity contribution >= 4 is 26.9 Å². The predicted octanol–water partition coefficient (Wildman–Crippen LogP) is 1.92. The molecule has 0 aliphatic heterocycles. The van der Waals surface area contributed by atoms with Gasteiger partial charge in [0, 0.05) is 5.69 Å². The van der Waals surface area contributed by atoms with E-state index in [1.165, 1.54) is 4.40 Å². The van der Waals surface area contributed by atoms with E-state index in [1.54, 1.807) is 16.7 Å². The zero-order chi connectivity index (χ0) is 15.3. The molecule has 0 unspecified atom stereocenters. The highest BCUT2D eigenvalue weighted by Gasteiger charge is 2.24. The second kappa shape index (κ2) is 4.39. The van der Waals surface area contributed by atoms with Crippen LogP contribution in [-0.4, -0.2) is 32.1 Å². The average molecular weight is 314 g/mol. The SMILES string of the molecule is O=S(=O)(O)c1nnc2n(-c3ccccc3)c3ccccc3n12. The van der Waals surface area contributed by atoms with Crippen molar-refractivity contribution in [3.8, 4) is 5.69 Å². The largest absolute Gasteiger partial charge is 0.331 e. The molecule has 0 saturated carbocycles. The van der Waals surface area contributed by atoms with Gasteiger partial charge in [0.05, 0.1) is 11.0 Å². The molecule has 0 fully saturated rings. The van der Waals surface area contributed by atoms with Crippen molar-refractivity contribution in [3.63, 3.8) is 0 Å². The molecule has 110 valence electrons. The smallest absolute Gasteiger partial charge is 0.279 e. The first-order valence-electron chi connectivity index (χ1n) is 6.45. The molecule has 0 spiro atoms. The predicted molar refractivity (Wildman–Crippen MR) is 79.6 cm³/mol. The summed E-state index contributed by atoms with van der Waals surface area (Å²) in [6, 6.07) is 16.6. The highest BCUT2D eigenvalue weighted by molar-refractivity contribution is 7.85. The van der Waals surface area contributed by atoms with Crippen LogP contribution in [0.15, 0.2) is 59.8 Å². The number of hydrogen-bond donors (Lipinski definition) is 1. The maximum absolute atomic E-state index is 11.5. The fraction of sp³-hybridized carbons (Fsp3) is 0. The van der Waals surface area contributed by atoms with E-state index in [1.807, 2.05) is 42.5 Å². The molecule has 2 heterocycles. The van der Waals surface area contributed by atoms with Crippen molar-refractivity contribution in [1.29, 1.82) is 0 Å². The number of benzene rings is 2. The first kappa shape index (κ1) is 13.0. The molecule has 0 bridgehead atoms. The number of aromatic nitrogens is 4. The van der Waals surface area contributed by atoms with Gasteiger partial charge in [-0.25, -0.2) is 4.40 Å². The lowest BCUT2D eigenvalue weighted by molar-refractivity contribution is 0.473. The zero-order valence-electron chi connectivity index (χ0n) is 11.2. The van der Waals surface area contributed by atoms with Crippen LogP contribution in [0.5, 0.6) is 0 Å². The van der Waals surface area contributed by atoms with Crippen LogP contribution in [-0.2, 0) is 10.1 Å². The minimum atomic E-state index is -4.47. The maximum atomic E-state index is 11.5. The Morgan fingerprint density at radius 2 is 1.50 bits per heavy atom. The lowest BCUT2D eigenvalue weighted by Crippen LogP contribution is -2.03. The zero-order valence-corrected chi connectivity index (χ0v) is 12.0. The quantitative estimate of drug-likeness (QED) is 0.571. The number of imidazole rings is 1. The van der Waals surface area contributed by atoms with E-state index in [-0.39, 0.29) is 0 Å². The van der Waals surface area contributed by atoms with Crippen molar-refractivity contribution in [3.05, 3.63) is 54.6 Å². The molecular weight excluding hydrogens is 304 g/mol. The topological polar surface area (TPSA) is 89.5 Å². The van der Waals surface area contributed by atoms with Crippen molar-refractivity contribution in [2.45, 2.75) is 5.16 Å². The van der Waals surface area contributed by atoms with Crippen LogP contribution in [0.1, 0.15) is 0 Å². The molecule has 0 atom stereocenters. The standard InChI is InChI=1S/C14H10N4O3S/c19-22(20,21)14-16-15-13-17(10-6-2-1-3-7-10)11-8-4-5-9-12(11)18(13)14/h1-9H,(H,19,20,21). The lowest BCUT2D eigenvalue weighted by atomic mass is 10.3. The van der Waals surface area contributed by atoms with Gasteiger partial charge in [-0.3, -0.25) is 9.12 Å². The summed E-state index contributed by atoms with van der Waals surface area (Å²) in [5.41, 5.74) is 2.19. The first-order chi connectivity index (χ1) is 10.6. The molecule has 4 rings (SSSR count). The van der Waals surface area contributed by atoms with Gasteiger partial charge in [0.15, 0.2) is 0 Å². The number of hydrogen-bond acceptors (Lipinski definition) is 4. The van der Waals surface area contributed by atoms with E-state index in [0.29, 0.717) is 11.3 Å². The van der Waals surface area contributed by atoms with Gasteiger partial charge in [-0.1, -0.05) is 30.3 Å². The molecule has 7 nitrogen and oxygen atoms in total. The van der Waals surface area contributed by atoms with Gasteiger partial charge in [-0.05, 0) is 24.3 Å². The van der Waals surface area contributed by atoms with Crippen LogP contribution in [0.3, 0.4) is 0 Å². The summed E-state index contributed by atoms with van der Waals surface area (Å²) >= 11 is 0. The molecule has 0 aliphatic carbocycles. The average Bonchev–Trinajstić information content (AvgIpc) is 3.05. The fourth-order valence-corrected chi connectivity index (χ4v) is 3.12. The van der Waals surface area contributed by atoms with Gasteiger partial charge in [0.1, 0.15) is 0 Å². The van der Waals surface area contributed by atoms with E-state index in [0.717, 1.165) is 11.2 Å². The Bertz CT molecular complexity index is 1100. The number of nitrogens with zero attached hydrogens (tertiary/aromatic N) is 4. The van der Waals surface area contributed by atoms with Crippen molar-refractivity contribution < 1.29 is 13.0 Å². The van der Waals surface area contributed by atoms with Gasteiger partial charge in [-0.2, -0.15) is 8.42 Å². The molecule has 0 saturated heterocycles. The Labute approximate surface area is 125 Å². The minimum absolute atomic E-state index is 0.319. The van der Waals surface area contributed by atoms with Crippen LogP contribution < -0.4 is 0 Å². The number of rotatable bonds is 2. The van der Waals surface area contributed by atoms with E-state index in [9.17, 15) is 13.0 Å². The second-order valence-corrected chi connectivity index (χ2v) is 6.07. The second-order valence-electron chi connectivity index (χ2n) is 4.75. The summed E-state index contributed by atoms with van der Waals surface area (Å²) in [5.74, 6) is 0.319. The maximum Gasteiger partial charge on any atom is 0.331 e. The Balaban J connectivity index is 2.23. The van der Waals surface area contributed by atoms with Crippen molar-refractivity contribution in [2.24, 2.45) is 0 Å². The van der Waals surface area contributed by atoms with Crippen molar-refractivity contribution in [1.82, 2.24) is 19.2 Å². The van der Waals surface area contributed by atoms with Gasteiger partial charge < -0.3 is 0 Å². The highest BCUT2D eigenvalue weighted by atomic mass is 32.2. The molecule has 0 radical (unpaired) electrons. The van der Waals surface area contributed by atoms with E-state index in [4.69, 9.17) is 0 Å². The van der Waals surface area contributed by atoms with Crippen LogP contribution >= 0.6 is 0 Å². The lowest BCUT2D eigenvalue weighted by Gasteiger charge is -2.03. The van der Waals surface area contributed by atoms with Crippen LogP contribution in [0, 0.1) is 0 Å². The summed E-state index contributed by atoms with van der Waals surface area (Å²) in [5, 5.41) is 7.06. The number of para-hydroxylation sites is 3. The van der Waals surface area contributed by atoms with Gasteiger partial charge in [0.25, 0.3) is 5.16 Å². The van der Waals surface area contributed by atoms with Gasteiger partial charge >= 0.3 is 10.1 Å². The van der Waals surface area contributed by atoms with Gasteiger partial charge in [0.2, 0.25) is 5.78 Å². The third-order valence-corrected chi connectivity index (χ3v) is 4.15. The molecule has 2 aromatic heterocycles. The van der Waals surface area contributed by atoms with Gasteiger partial charge in [-0.15, -0.1) is 10.2 Å². The Morgan fingerprint density at radius 3 is 2.18 bits per heavy atom. The Hall–Kier alpha value is -2.71. The summed E-state index contributed by atoms with van der Waals surface area (Å²) in [6.45, 7) is 0. The molecule has 22 heavy (non-hydrogen) atoms. The van der Waals surface area contributed by atoms with Crippen molar-refractivity contribution in [2.75, 3.05) is 0 Å². The summed E-state index contributed by atoms with van der Waals surface area (Å²) < 4.78 is 35.5. The Morgan fingerprint density at radius 1 is 0.864 bits per heavy atom. The molecule has 0 amide bonds. The fourth-order valence-electron chi connectivity index (χ4n) is 2.57. The number of fused-ring (bicyclic) bond motifs is 3. The van der Waals surface area contributed by atoms with Crippen LogP contribution in [0.2, 0.25) is 0 Å². The monoisotopic (exact) mass is 314 g/mol. The third kappa shape index (κ3) is 1.74. The molecule has 4 aromatic rings. The third-order valence-electron chi connectivity index (χ3n) is 3.42. The molecule has 1 N–H and O–H groups in total. The van der Waals surface area contributed by atoms with E-state index < -0.39 is 15.3 Å². The highest BCUT2D eigenvalue weighted by Crippen LogP contribution is 2.26. The normalized spacial score (nSPS) is 12.2. The molecular formula is C14H10N4O3S. The van der Waals surface area contributed by atoms with Crippen LogP contribution in [0.25, 0.3) is 22.5 Å². The van der Waals surface area contributed by atoms with Crippen LogP contribution in [0.4, 0.5) is 0 Å². The Kier molecular flexibility index (Phi) is 2.59. The minimum Gasteiger partial charge on any atom is -0.279 e. The molecule has 2 aromatic carbocycles. The first-order valence-corrected chi connectivity index (χ1v) is 7.89. The summed E-state index contributed by atoms with van der Waals surface area (Å²) in [4.78, 5) is 0. The summed E-state index contributed by atoms with van der Waals surface area (Å²) in [7, 11) is -4.47. The molecule has 8 heteroatoms. The van der Waals surface area contributed by atoms with E-state index in [2.05, 4.69) is 10.2 Å². The van der Waals surface area contributed by atoms with E-state index >= 15 is 0 Å².